The maximum absolute atomic E-state index is 5.39. The van der Waals surface area contributed by atoms with E-state index >= 15 is 0 Å². The van der Waals surface area contributed by atoms with Crippen LogP contribution in [0.25, 0.3) is 0 Å². The van der Waals surface area contributed by atoms with Crippen LogP contribution < -0.4 is 0 Å². The SMILES string of the molecule is C/C=C\C1=C(CC)CCO1. The van der Waals surface area contributed by atoms with E-state index in [0.29, 0.717) is 0 Å². The van der Waals surface area contributed by atoms with E-state index in [4.69, 9.17) is 4.74 Å². The zero-order chi connectivity index (χ0) is 7.40. The molecule has 1 aliphatic rings. The zero-order valence-electron chi connectivity index (χ0n) is 6.68. The van der Waals surface area contributed by atoms with Gasteiger partial charge in [-0.15, -0.1) is 0 Å². The lowest BCUT2D eigenvalue weighted by atomic mass is 10.1. The first-order chi connectivity index (χ1) is 4.88. The fourth-order valence-corrected chi connectivity index (χ4v) is 1.18. The molecule has 0 unspecified atom stereocenters. The van der Waals surface area contributed by atoms with Gasteiger partial charge in [-0.05, 0) is 25.0 Å². The number of ether oxygens (including phenoxy) is 1. The molecule has 0 aromatic carbocycles. The van der Waals surface area contributed by atoms with Crippen LogP contribution >= 0.6 is 0 Å². The molecule has 0 saturated carbocycles. The monoisotopic (exact) mass is 138 g/mol. The third-order valence-corrected chi connectivity index (χ3v) is 1.75. The molecule has 0 spiro atoms. The molecule has 0 aromatic heterocycles. The summed E-state index contributed by atoms with van der Waals surface area (Å²) >= 11 is 0. The van der Waals surface area contributed by atoms with Gasteiger partial charge in [-0.25, -0.2) is 0 Å². The van der Waals surface area contributed by atoms with Gasteiger partial charge < -0.3 is 4.74 Å². The Labute approximate surface area is 62.4 Å². The molecule has 0 radical (unpaired) electrons. The Kier molecular flexibility index (Phi) is 2.55. The van der Waals surface area contributed by atoms with Crippen LogP contribution in [0.1, 0.15) is 26.7 Å². The Bertz CT molecular complexity index is 166. The topological polar surface area (TPSA) is 9.23 Å². The summed E-state index contributed by atoms with van der Waals surface area (Å²) in [5.41, 5.74) is 1.46. The fraction of sp³-hybridized carbons (Fsp3) is 0.556. The summed E-state index contributed by atoms with van der Waals surface area (Å²) in [6.07, 6.45) is 6.32. The van der Waals surface area contributed by atoms with E-state index in [1.807, 2.05) is 19.1 Å². The highest BCUT2D eigenvalue weighted by atomic mass is 16.5. The normalized spacial score (nSPS) is 18.6. The first kappa shape index (κ1) is 7.39. The highest BCUT2D eigenvalue weighted by molar-refractivity contribution is 5.22. The quantitative estimate of drug-likeness (QED) is 0.570. The molecule has 0 saturated heterocycles. The Morgan fingerprint density at radius 2 is 2.40 bits per heavy atom. The van der Waals surface area contributed by atoms with Gasteiger partial charge in [0.1, 0.15) is 5.76 Å². The standard InChI is InChI=1S/C9H14O/c1-3-5-9-8(4-2)6-7-10-9/h3,5H,4,6-7H2,1-2H3/b5-3-. The maximum atomic E-state index is 5.39. The highest BCUT2D eigenvalue weighted by Gasteiger charge is 2.10. The third-order valence-electron chi connectivity index (χ3n) is 1.75. The van der Waals surface area contributed by atoms with Crippen LogP contribution in [0, 0.1) is 0 Å². The molecule has 1 heterocycles. The average molecular weight is 138 g/mol. The second-order valence-electron chi connectivity index (χ2n) is 2.42. The number of rotatable bonds is 2. The predicted octanol–water partition coefficient (Wildman–Crippen LogP) is 2.65. The van der Waals surface area contributed by atoms with Gasteiger partial charge in [0.25, 0.3) is 0 Å². The van der Waals surface area contributed by atoms with Gasteiger partial charge in [0.15, 0.2) is 0 Å². The van der Waals surface area contributed by atoms with Crippen LogP contribution in [0.3, 0.4) is 0 Å². The van der Waals surface area contributed by atoms with Crippen molar-refractivity contribution in [3.8, 4) is 0 Å². The Hall–Kier alpha value is -0.720. The van der Waals surface area contributed by atoms with Crippen LogP contribution in [0.15, 0.2) is 23.5 Å². The Balaban J connectivity index is 2.68. The zero-order valence-corrected chi connectivity index (χ0v) is 6.68. The third kappa shape index (κ3) is 1.41. The summed E-state index contributed by atoms with van der Waals surface area (Å²) in [5.74, 6) is 1.10. The van der Waals surface area contributed by atoms with Gasteiger partial charge in [-0.2, -0.15) is 0 Å². The Morgan fingerprint density at radius 1 is 1.60 bits per heavy atom. The molecule has 0 bridgehead atoms. The van der Waals surface area contributed by atoms with E-state index in [1.165, 1.54) is 5.57 Å². The lowest BCUT2D eigenvalue weighted by Crippen LogP contribution is -1.79. The van der Waals surface area contributed by atoms with Gasteiger partial charge in [-0.1, -0.05) is 13.0 Å². The van der Waals surface area contributed by atoms with Gasteiger partial charge in [-0.3, -0.25) is 0 Å². The van der Waals surface area contributed by atoms with Crippen molar-refractivity contribution in [3.63, 3.8) is 0 Å². The van der Waals surface area contributed by atoms with Gasteiger partial charge in [0.05, 0.1) is 6.61 Å². The van der Waals surface area contributed by atoms with Crippen LogP contribution in [-0.4, -0.2) is 6.61 Å². The van der Waals surface area contributed by atoms with Crippen LogP contribution in [0.2, 0.25) is 0 Å². The van der Waals surface area contributed by atoms with Gasteiger partial charge >= 0.3 is 0 Å². The van der Waals surface area contributed by atoms with E-state index in [2.05, 4.69) is 6.92 Å². The van der Waals surface area contributed by atoms with Crippen LogP contribution in [-0.2, 0) is 4.74 Å². The molecular formula is C9H14O. The summed E-state index contributed by atoms with van der Waals surface area (Å²) < 4.78 is 5.39. The molecule has 1 nitrogen and oxygen atoms in total. The van der Waals surface area contributed by atoms with E-state index in [1.54, 1.807) is 0 Å². The second-order valence-corrected chi connectivity index (χ2v) is 2.42. The molecule has 0 N–H and O–H groups in total. The number of hydrogen-bond donors (Lipinski definition) is 0. The first-order valence-electron chi connectivity index (χ1n) is 3.86. The summed E-state index contributed by atoms with van der Waals surface area (Å²) in [6.45, 7) is 5.07. The first-order valence-corrected chi connectivity index (χ1v) is 3.86. The van der Waals surface area contributed by atoms with E-state index in [9.17, 15) is 0 Å². The van der Waals surface area contributed by atoms with Gasteiger partial charge in [0, 0.05) is 6.42 Å². The van der Waals surface area contributed by atoms with Crippen molar-refractivity contribution in [2.45, 2.75) is 26.7 Å². The van der Waals surface area contributed by atoms with E-state index in [-0.39, 0.29) is 0 Å². The average Bonchev–Trinajstić information content (AvgIpc) is 2.36. The summed E-state index contributed by atoms with van der Waals surface area (Å²) in [4.78, 5) is 0. The van der Waals surface area contributed by atoms with E-state index < -0.39 is 0 Å². The molecular weight excluding hydrogens is 124 g/mol. The van der Waals surface area contributed by atoms with Gasteiger partial charge in [0.2, 0.25) is 0 Å². The van der Waals surface area contributed by atoms with Crippen molar-refractivity contribution in [2.75, 3.05) is 6.61 Å². The molecule has 10 heavy (non-hydrogen) atoms. The van der Waals surface area contributed by atoms with Crippen molar-refractivity contribution >= 4 is 0 Å². The lowest BCUT2D eigenvalue weighted by Gasteiger charge is -1.96. The molecule has 0 aromatic rings. The maximum Gasteiger partial charge on any atom is 0.118 e. The van der Waals surface area contributed by atoms with Crippen LogP contribution in [0.5, 0.6) is 0 Å². The molecule has 0 atom stereocenters. The smallest absolute Gasteiger partial charge is 0.118 e. The number of hydrogen-bond acceptors (Lipinski definition) is 1. The second kappa shape index (κ2) is 3.45. The summed E-state index contributed by atoms with van der Waals surface area (Å²) in [5, 5.41) is 0. The van der Waals surface area contributed by atoms with Crippen LogP contribution in [0.4, 0.5) is 0 Å². The molecule has 56 valence electrons. The van der Waals surface area contributed by atoms with E-state index in [0.717, 1.165) is 25.2 Å². The summed E-state index contributed by atoms with van der Waals surface area (Å²) in [6, 6.07) is 0. The van der Waals surface area contributed by atoms with Crippen molar-refractivity contribution in [1.82, 2.24) is 0 Å². The molecule has 0 fully saturated rings. The van der Waals surface area contributed by atoms with Crippen molar-refractivity contribution in [1.29, 1.82) is 0 Å². The fourth-order valence-electron chi connectivity index (χ4n) is 1.18. The minimum absolute atomic E-state index is 0.878. The molecule has 1 heteroatoms. The Morgan fingerprint density at radius 3 is 3.00 bits per heavy atom. The molecule has 0 aliphatic carbocycles. The molecule has 0 amide bonds. The van der Waals surface area contributed by atoms with Crippen molar-refractivity contribution in [2.24, 2.45) is 0 Å². The summed E-state index contributed by atoms with van der Waals surface area (Å²) in [7, 11) is 0. The molecule has 1 aliphatic heterocycles. The lowest BCUT2D eigenvalue weighted by molar-refractivity contribution is 0.257. The van der Waals surface area contributed by atoms with Crippen molar-refractivity contribution < 1.29 is 4.74 Å². The van der Waals surface area contributed by atoms with Crippen molar-refractivity contribution in [3.05, 3.63) is 23.5 Å². The molecule has 1 rings (SSSR count). The highest BCUT2D eigenvalue weighted by Crippen LogP contribution is 2.22. The minimum Gasteiger partial charge on any atom is -0.493 e. The number of allylic oxidation sites excluding steroid dienone is 2. The predicted molar refractivity (Wildman–Crippen MR) is 42.7 cm³/mol. The minimum atomic E-state index is 0.878. The largest absolute Gasteiger partial charge is 0.493 e.